The van der Waals surface area contributed by atoms with Gasteiger partial charge in [0.25, 0.3) is 0 Å². The van der Waals surface area contributed by atoms with Crippen molar-refractivity contribution < 1.29 is 14.7 Å². The number of amides is 1. The van der Waals surface area contributed by atoms with Gasteiger partial charge in [-0.15, -0.1) is 0 Å². The number of rotatable bonds is 3. The number of aliphatic carboxylic acids is 1. The molecule has 1 saturated heterocycles. The minimum Gasteiger partial charge on any atom is -0.481 e. The van der Waals surface area contributed by atoms with Gasteiger partial charge in [-0.2, -0.15) is 0 Å². The van der Waals surface area contributed by atoms with Gasteiger partial charge in [-0.3, -0.25) is 9.59 Å². The smallest absolute Gasteiger partial charge is 0.308 e. The van der Waals surface area contributed by atoms with Crippen molar-refractivity contribution in [3.63, 3.8) is 0 Å². The fourth-order valence-corrected chi connectivity index (χ4v) is 2.98. The molecule has 3 atom stereocenters. The summed E-state index contributed by atoms with van der Waals surface area (Å²) in [7, 11) is 0. The maximum absolute atomic E-state index is 12.1. The van der Waals surface area contributed by atoms with Crippen LogP contribution in [0.25, 0.3) is 0 Å². The summed E-state index contributed by atoms with van der Waals surface area (Å²) in [5, 5.41) is 15.3. The van der Waals surface area contributed by atoms with Gasteiger partial charge in [0.05, 0.1) is 11.8 Å². The SMILES string of the molecule is O=C(O)C1CCCCC1NC(=O)[C@@H]1CCCNC1. The first-order valence-electron chi connectivity index (χ1n) is 6.92. The molecule has 1 saturated carbocycles. The highest BCUT2D eigenvalue weighted by atomic mass is 16.4. The van der Waals surface area contributed by atoms with Gasteiger partial charge in [0.1, 0.15) is 0 Å². The number of hydrogen-bond donors (Lipinski definition) is 3. The Balaban J connectivity index is 1.89. The molecule has 1 amide bonds. The van der Waals surface area contributed by atoms with Crippen molar-refractivity contribution in [1.82, 2.24) is 10.6 Å². The number of hydrogen-bond acceptors (Lipinski definition) is 3. The second-order valence-corrected chi connectivity index (χ2v) is 5.39. The van der Waals surface area contributed by atoms with Crippen LogP contribution in [0.15, 0.2) is 0 Å². The van der Waals surface area contributed by atoms with Crippen molar-refractivity contribution in [3.8, 4) is 0 Å². The quantitative estimate of drug-likeness (QED) is 0.694. The van der Waals surface area contributed by atoms with E-state index in [0.717, 1.165) is 45.2 Å². The molecule has 2 fully saturated rings. The molecular formula is C13H22N2O3. The highest BCUT2D eigenvalue weighted by Gasteiger charge is 2.33. The largest absolute Gasteiger partial charge is 0.481 e. The second kappa shape index (κ2) is 6.18. The summed E-state index contributed by atoms with van der Waals surface area (Å²) in [6.07, 6.45) is 5.37. The van der Waals surface area contributed by atoms with Crippen molar-refractivity contribution in [2.24, 2.45) is 11.8 Å². The van der Waals surface area contributed by atoms with Gasteiger partial charge in [0, 0.05) is 12.6 Å². The molecule has 0 aromatic carbocycles. The third kappa shape index (κ3) is 3.22. The highest BCUT2D eigenvalue weighted by Crippen LogP contribution is 2.25. The van der Waals surface area contributed by atoms with E-state index < -0.39 is 11.9 Å². The predicted octanol–water partition coefficient (Wildman–Crippen LogP) is 0.746. The van der Waals surface area contributed by atoms with E-state index >= 15 is 0 Å². The number of nitrogens with one attached hydrogen (secondary N) is 2. The average molecular weight is 254 g/mol. The third-order valence-electron chi connectivity index (χ3n) is 4.08. The summed E-state index contributed by atoms with van der Waals surface area (Å²) >= 11 is 0. The first-order valence-corrected chi connectivity index (χ1v) is 6.92. The maximum atomic E-state index is 12.1. The van der Waals surface area contributed by atoms with E-state index in [4.69, 9.17) is 5.11 Å². The van der Waals surface area contributed by atoms with Gasteiger partial charge in [-0.1, -0.05) is 12.8 Å². The van der Waals surface area contributed by atoms with Crippen LogP contribution in [0, 0.1) is 11.8 Å². The molecule has 3 N–H and O–H groups in total. The molecule has 0 bridgehead atoms. The van der Waals surface area contributed by atoms with E-state index in [2.05, 4.69) is 10.6 Å². The standard InChI is InChI=1S/C13H22N2O3/c16-12(9-4-3-7-14-8-9)15-11-6-2-1-5-10(11)13(17)18/h9-11,14H,1-8H2,(H,15,16)(H,17,18)/t9-,10?,11?/m1/s1. The molecule has 0 spiro atoms. The van der Waals surface area contributed by atoms with E-state index in [-0.39, 0.29) is 17.9 Å². The van der Waals surface area contributed by atoms with Crippen LogP contribution in [-0.2, 0) is 9.59 Å². The van der Waals surface area contributed by atoms with Crippen LogP contribution in [0.3, 0.4) is 0 Å². The zero-order valence-electron chi connectivity index (χ0n) is 10.7. The molecule has 1 aliphatic carbocycles. The summed E-state index contributed by atoms with van der Waals surface area (Å²) < 4.78 is 0. The van der Waals surface area contributed by atoms with Crippen molar-refractivity contribution in [3.05, 3.63) is 0 Å². The lowest BCUT2D eigenvalue weighted by atomic mass is 9.84. The molecule has 2 aliphatic rings. The molecule has 1 heterocycles. The fourth-order valence-electron chi connectivity index (χ4n) is 2.98. The number of piperidine rings is 1. The number of carboxylic acid groups (broad SMARTS) is 1. The Hall–Kier alpha value is -1.10. The van der Waals surface area contributed by atoms with Crippen LogP contribution in [0.2, 0.25) is 0 Å². The number of carbonyl (C=O) groups is 2. The zero-order valence-corrected chi connectivity index (χ0v) is 10.7. The Bertz CT molecular complexity index is 313. The molecule has 0 aromatic heterocycles. The lowest BCUT2D eigenvalue weighted by Crippen LogP contribution is -2.49. The Morgan fingerprint density at radius 1 is 1.11 bits per heavy atom. The van der Waals surface area contributed by atoms with E-state index in [1.807, 2.05) is 0 Å². The van der Waals surface area contributed by atoms with Gasteiger partial charge >= 0.3 is 5.97 Å². The lowest BCUT2D eigenvalue weighted by Gasteiger charge is -2.31. The van der Waals surface area contributed by atoms with Gasteiger partial charge in [-0.25, -0.2) is 0 Å². The monoisotopic (exact) mass is 254 g/mol. The minimum atomic E-state index is -0.776. The molecule has 1 aliphatic heterocycles. The van der Waals surface area contributed by atoms with Gasteiger partial charge < -0.3 is 15.7 Å². The second-order valence-electron chi connectivity index (χ2n) is 5.39. The third-order valence-corrected chi connectivity index (χ3v) is 4.08. The van der Waals surface area contributed by atoms with Crippen LogP contribution in [0.1, 0.15) is 38.5 Å². The summed E-state index contributed by atoms with van der Waals surface area (Å²) in [4.78, 5) is 23.2. The first-order chi connectivity index (χ1) is 8.68. The Labute approximate surface area is 107 Å². The Morgan fingerprint density at radius 2 is 1.89 bits per heavy atom. The van der Waals surface area contributed by atoms with Crippen molar-refractivity contribution in [1.29, 1.82) is 0 Å². The highest BCUT2D eigenvalue weighted by molar-refractivity contribution is 5.80. The Kier molecular flexibility index (Phi) is 4.58. The summed E-state index contributed by atoms with van der Waals surface area (Å²) in [5.74, 6) is -1.14. The fraction of sp³-hybridized carbons (Fsp3) is 0.846. The first kappa shape index (κ1) is 13.3. The van der Waals surface area contributed by atoms with E-state index in [1.165, 1.54) is 0 Å². The molecular weight excluding hydrogens is 232 g/mol. The normalized spacial score (nSPS) is 32.8. The van der Waals surface area contributed by atoms with E-state index in [1.54, 1.807) is 0 Å². The van der Waals surface area contributed by atoms with Crippen LogP contribution >= 0.6 is 0 Å². The van der Waals surface area contributed by atoms with Gasteiger partial charge in [0.15, 0.2) is 0 Å². The van der Waals surface area contributed by atoms with E-state index in [0.29, 0.717) is 6.42 Å². The Morgan fingerprint density at radius 3 is 2.56 bits per heavy atom. The molecule has 2 unspecified atom stereocenters. The summed E-state index contributed by atoms with van der Waals surface area (Å²) in [5.41, 5.74) is 0. The number of carbonyl (C=O) groups excluding carboxylic acids is 1. The van der Waals surface area contributed by atoms with Gasteiger partial charge in [-0.05, 0) is 32.2 Å². The molecule has 5 nitrogen and oxygen atoms in total. The van der Waals surface area contributed by atoms with Gasteiger partial charge in [0.2, 0.25) is 5.91 Å². The molecule has 18 heavy (non-hydrogen) atoms. The van der Waals surface area contributed by atoms with Crippen molar-refractivity contribution in [2.45, 2.75) is 44.6 Å². The average Bonchev–Trinajstić information content (AvgIpc) is 2.40. The van der Waals surface area contributed by atoms with Crippen LogP contribution < -0.4 is 10.6 Å². The zero-order chi connectivity index (χ0) is 13.0. The van der Waals surface area contributed by atoms with Crippen LogP contribution in [0.4, 0.5) is 0 Å². The molecule has 2 rings (SSSR count). The summed E-state index contributed by atoms with van der Waals surface area (Å²) in [6.45, 7) is 1.70. The maximum Gasteiger partial charge on any atom is 0.308 e. The molecule has 0 aromatic rings. The number of carboxylic acids is 1. The summed E-state index contributed by atoms with van der Waals surface area (Å²) in [6, 6.07) is -0.175. The van der Waals surface area contributed by atoms with E-state index in [9.17, 15) is 9.59 Å². The predicted molar refractivity (Wildman–Crippen MR) is 67.1 cm³/mol. The molecule has 102 valence electrons. The topological polar surface area (TPSA) is 78.4 Å². The van der Waals surface area contributed by atoms with Crippen molar-refractivity contribution >= 4 is 11.9 Å². The van der Waals surface area contributed by atoms with Crippen molar-refractivity contribution in [2.75, 3.05) is 13.1 Å². The van der Waals surface area contributed by atoms with Crippen LogP contribution in [-0.4, -0.2) is 36.1 Å². The molecule has 0 radical (unpaired) electrons. The minimum absolute atomic E-state index is 0.00937. The molecule has 5 heteroatoms. The van der Waals surface area contributed by atoms with Crippen LogP contribution in [0.5, 0.6) is 0 Å². The lowest BCUT2D eigenvalue weighted by molar-refractivity contribution is -0.144.